The minimum Gasteiger partial charge on any atom is -0.381 e. The van der Waals surface area contributed by atoms with Gasteiger partial charge in [-0.15, -0.1) is 0 Å². The second-order valence-electron chi connectivity index (χ2n) is 6.29. The number of ether oxygens (including phenoxy) is 1. The van der Waals surface area contributed by atoms with Crippen molar-refractivity contribution >= 4 is 11.7 Å². The van der Waals surface area contributed by atoms with E-state index in [0.717, 1.165) is 22.3 Å². The fraction of sp³-hybridized carbons (Fsp3) is 0.529. The minimum atomic E-state index is -0.705. The molecule has 2 heterocycles. The first-order valence-corrected chi connectivity index (χ1v) is 7.46. The van der Waals surface area contributed by atoms with Crippen LogP contribution in [0.15, 0.2) is 12.1 Å². The largest absolute Gasteiger partial charge is 0.381 e. The summed E-state index contributed by atoms with van der Waals surface area (Å²) < 4.78 is 5.34. The number of amides is 1. The molecule has 0 radical (unpaired) electrons. The van der Waals surface area contributed by atoms with Crippen LogP contribution in [0.2, 0.25) is 0 Å². The van der Waals surface area contributed by atoms with Gasteiger partial charge in [0.05, 0.1) is 0 Å². The Morgan fingerprint density at radius 1 is 1.10 bits per heavy atom. The van der Waals surface area contributed by atoms with Crippen molar-refractivity contribution in [2.24, 2.45) is 0 Å². The first-order chi connectivity index (χ1) is 9.94. The fourth-order valence-corrected chi connectivity index (χ4v) is 3.76. The van der Waals surface area contributed by atoms with Crippen molar-refractivity contribution in [2.75, 3.05) is 13.2 Å². The van der Waals surface area contributed by atoms with E-state index in [-0.39, 0.29) is 11.7 Å². The minimum absolute atomic E-state index is 0.0193. The van der Waals surface area contributed by atoms with E-state index in [0.29, 0.717) is 26.1 Å². The van der Waals surface area contributed by atoms with Crippen molar-refractivity contribution in [3.8, 4) is 0 Å². The maximum absolute atomic E-state index is 12.9. The zero-order chi connectivity index (χ0) is 15.2. The van der Waals surface area contributed by atoms with Crippen LogP contribution in [0.25, 0.3) is 0 Å². The molecule has 1 N–H and O–H groups in total. The maximum Gasteiger partial charge on any atom is 0.235 e. The van der Waals surface area contributed by atoms with E-state index >= 15 is 0 Å². The van der Waals surface area contributed by atoms with Crippen molar-refractivity contribution in [1.29, 1.82) is 0 Å². The topological polar surface area (TPSA) is 55.4 Å². The Hall–Kier alpha value is -1.68. The molecule has 4 heteroatoms. The van der Waals surface area contributed by atoms with Crippen LogP contribution in [0.5, 0.6) is 0 Å². The molecule has 1 amide bonds. The van der Waals surface area contributed by atoms with Gasteiger partial charge >= 0.3 is 0 Å². The van der Waals surface area contributed by atoms with Crippen LogP contribution in [-0.4, -0.2) is 30.4 Å². The van der Waals surface area contributed by atoms with Crippen molar-refractivity contribution < 1.29 is 14.3 Å². The highest BCUT2D eigenvalue weighted by Crippen LogP contribution is 2.38. The summed E-state index contributed by atoms with van der Waals surface area (Å²) in [6, 6.07) is 4.08. The molecule has 2 fully saturated rings. The average Bonchev–Trinajstić information content (AvgIpc) is 2.63. The van der Waals surface area contributed by atoms with Gasteiger partial charge in [0.2, 0.25) is 5.91 Å². The first-order valence-electron chi connectivity index (χ1n) is 7.46. The van der Waals surface area contributed by atoms with Crippen molar-refractivity contribution in [3.05, 3.63) is 34.4 Å². The standard InChI is InChI=1S/C17H21NO3/c1-10-8-11(2)13(12(3)9-10)14-15(19)17(18-16(14)20)4-6-21-7-5-17/h8-9,14H,4-7H2,1-3H3,(H,18,20). The zero-order valence-corrected chi connectivity index (χ0v) is 12.8. The van der Waals surface area contributed by atoms with Gasteiger partial charge in [0.15, 0.2) is 5.78 Å². The Bertz CT molecular complexity index is 591. The summed E-state index contributed by atoms with van der Waals surface area (Å²) >= 11 is 0. The highest BCUT2D eigenvalue weighted by molar-refractivity contribution is 6.17. The number of carbonyl (C=O) groups excluding carboxylic acids is 2. The maximum atomic E-state index is 12.9. The number of aryl methyl sites for hydroxylation is 3. The second-order valence-corrected chi connectivity index (χ2v) is 6.29. The number of nitrogens with one attached hydrogen (secondary N) is 1. The summed E-state index contributed by atoms with van der Waals surface area (Å²) in [4.78, 5) is 25.4. The van der Waals surface area contributed by atoms with E-state index in [1.54, 1.807) is 0 Å². The van der Waals surface area contributed by atoms with Gasteiger partial charge in [-0.25, -0.2) is 0 Å². The van der Waals surface area contributed by atoms with Gasteiger partial charge in [0.1, 0.15) is 11.5 Å². The molecule has 0 aromatic heterocycles. The van der Waals surface area contributed by atoms with Gasteiger partial charge in [-0.3, -0.25) is 9.59 Å². The molecule has 0 aliphatic carbocycles. The number of carbonyl (C=O) groups is 2. The van der Waals surface area contributed by atoms with E-state index in [9.17, 15) is 9.59 Å². The number of hydrogen-bond acceptors (Lipinski definition) is 3. The molecule has 4 nitrogen and oxygen atoms in total. The van der Waals surface area contributed by atoms with Crippen molar-refractivity contribution in [2.45, 2.75) is 45.1 Å². The molecule has 2 aliphatic rings. The van der Waals surface area contributed by atoms with Crippen LogP contribution < -0.4 is 5.32 Å². The molecule has 1 unspecified atom stereocenters. The molecule has 21 heavy (non-hydrogen) atoms. The number of hydrogen-bond donors (Lipinski definition) is 1. The molecule has 112 valence electrons. The number of ketones is 1. The summed E-state index contributed by atoms with van der Waals surface area (Å²) in [7, 11) is 0. The summed E-state index contributed by atoms with van der Waals surface area (Å²) in [5.41, 5.74) is 3.37. The SMILES string of the molecule is Cc1cc(C)c(C2C(=O)NC3(CCOCC3)C2=O)c(C)c1. The lowest BCUT2D eigenvalue weighted by Gasteiger charge is -2.31. The molecule has 3 rings (SSSR count). The third-order valence-corrected chi connectivity index (χ3v) is 4.73. The molecule has 1 aromatic carbocycles. The molecular weight excluding hydrogens is 266 g/mol. The molecular formula is C17H21NO3. The quantitative estimate of drug-likeness (QED) is 0.803. The van der Waals surface area contributed by atoms with E-state index in [4.69, 9.17) is 4.74 Å². The third kappa shape index (κ3) is 2.18. The van der Waals surface area contributed by atoms with Crippen LogP contribution in [0.1, 0.15) is 41.0 Å². The highest BCUT2D eigenvalue weighted by atomic mass is 16.5. The Morgan fingerprint density at radius 2 is 1.67 bits per heavy atom. The predicted octanol–water partition coefficient (Wildman–Crippen LogP) is 1.94. The van der Waals surface area contributed by atoms with E-state index < -0.39 is 11.5 Å². The number of Topliss-reactive ketones (excluding diaryl/α,β-unsaturated/α-hetero) is 1. The van der Waals surface area contributed by atoms with Crippen molar-refractivity contribution in [1.82, 2.24) is 5.32 Å². The number of benzene rings is 1. The third-order valence-electron chi connectivity index (χ3n) is 4.73. The van der Waals surface area contributed by atoms with Crippen LogP contribution >= 0.6 is 0 Å². The average molecular weight is 287 g/mol. The van der Waals surface area contributed by atoms with Gasteiger partial charge in [-0.1, -0.05) is 17.7 Å². The Morgan fingerprint density at radius 3 is 2.24 bits per heavy atom. The summed E-state index contributed by atoms with van der Waals surface area (Å²) in [5, 5.41) is 2.97. The smallest absolute Gasteiger partial charge is 0.235 e. The normalized spacial score (nSPS) is 24.4. The van der Waals surface area contributed by atoms with Gasteiger partial charge in [0.25, 0.3) is 0 Å². The van der Waals surface area contributed by atoms with Gasteiger partial charge < -0.3 is 10.1 Å². The van der Waals surface area contributed by atoms with Crippen LogP contribution in [0.4, 0.5) is 0 Å². The van der Waals surface area contributed by atoms with Gasteiger partial charge in [-0.05, 0) is 37.5 Å². The Kier molecular flexibility index (Phi) is 3.36. The van der Waals surface area contributed by atoms with Gasteiger partial charge in [-0.2, -0.15) is 0 Å². The molecule has 0 saturated carbocycles. The highest BCUT2D eigenvalue weighted by Gasteiger charge is 2.53. The zero-order valence-electron chi connectivity index (χ0n) is 12.8. The summed E-state index contributed by atoms with van der Waals surface area (Å²) in [6.07, 6.45) is 1.16. The van der Waals surface area contributed by atoms with E-state index in [2.05, 4.69) is 5.32 Å². The lowest BCUT2D eigenvalue weighted by molar-refractivity contribution is -0.127. The Labute approximate surface area is 124 Å². The summed E-state index contributed by atoms with van der Waals surface area (Å²) in [5.74, 6) is -0.800. The molecule has 1 spiro atoms. The predicted molar refractivity (Wildman–Crippen MR) is 79.3 cm³/mol. The van der Waals surface area contributed by atoms with Crippen molar-refractivity contribution in [3.63, 3.8) is 0 Å². The molecule has 0 bridgehead atoms. The van der Waals surface area contributed by atoms with Gasteiger partial charge in [0, 0.05) is 26.1 Å². The van der Waals surface area contributed by atoms with E-state index in [1.165, 1.54) is 0 Å². The molecule has 2 saturated heterocycles. The fourth-order valence-electron chi connectivity index (χ4n) is 3.76. The Balaban J connectivity index is 2.04. The van der Waals surface area contributed by atoms with Crippen LogP contribution in [0.3, 0.4) is 0 Å². The number of rotatable bonds is 1. The lowest BCUT2D eigenvalue weighted by atomic mass is 9.79. The second kappa shape index (κ2) is 4.95. The van der Waals surface area contributed by atoms with Crippen LogP contribution in [0, 0.1) is 20.8 Å². The first kappa shape index (κ1) is 14.3. The molecule has 1 aromatic rings. The summed E-state index contributed by atoms with van der Waals surface area (Å²) in [6.45, 7) is 7.05. The monoisotopic (exact) mass is 287 g/mol. The lowest BCUT2D eigenvalue weighted by Crippen LogP contribution is -2.50. The molecule has 1 atom stereocenters. The van der Waals surface area contributed by atoms with Crippen LogP contribution in [-0.2, 0) is 14.3 Å². The molecule has 2 aliphatic heterocycles. The van der Waals surface area contributed by atoms with E-state index in [1.807, 2.05) is 32.9 Å².